The number of nitrogens with one attached hydrogen (secondary N) is 1. The monoisotopic (exact) mass is 246 g/mol. The molecule has 0 bridgehead atoms. The molecule has 0 heterocycles. The molecule has 0 unspecified atom stereocenters. The van der Waals surface area contributed by atoms with Gasteiger partial charge in [-0.3, -0.25) is 4.79 Å². The lowest BCUT2D eigenvalue weighted by molar-refractivity contribution is -0.121. The summed E-state index contributed by atoms with van der Waals surface area (Å²) in [5.41, 5.74) is 6.92. The van der Waals surface area contributed by atoms with Crippen molar-refractivity contribution in [3.8, 4) is 0 Å². The normalized spacial score (nSPS) is 11.8. The van der Waals surface area contributed by atoms with Crippen LogP contribution in [0.5, 0.6) is 0 Å². The molecule has 0 spiro atoms. The number of nitrogens with zero attached hydrogens (tertiary/aromatic N) is 1. The Morgan fingerprint density at radius 1 is 1.33 bits per heavy atom. The smallest absolute Gasteiger partial charge is 0.240 e. The lowest BCUT2D eigenvalue weighted by Gasteiger charge is -2.07. The van der Waals surface area contributed by atoms with Gasteiger partial charge in [0.2, 0.25) is 5.91 Å². The molecule has 0 aliphatic carbocycles. The van der Waals surface area contributed by atoms with Gasteiger partial charge in [-0.25, -0.2) is 5.43 Å². The van der Waals surface area contributed by atoms with Crippen molar-refractivity contribution in [2.45, 2.75) is 41.0 Å². The summed E-state index contributed by atoms with van der Waals surface area (Å²) in [5, 5.41) is 4.15. The number of hydrogen-bond donors (Lipinski definition) is 1. The number of benzene rings is 1. The van der Waals surface area contributed by atoms with E-state index in [-0.39, 0.29) is 5.91 Å². The largest absolute Gasteiger partial charge is 0.273 e. The molecule has 3 nitrogen and oxygen atoms in total. The Hall–Kier alpha value is -1.64. The highest BCUT2D eigenvalue weighted by Gasteiger charge is 2.05. The third-order valence-corrected chi connectivity index (χ3v) is 2.71. The minimum absolute atomic E-state index is 0.0332. The summed E-state index contributed by atoms with van der Waals surface area (Å²) in [6.07, 6.45) is 0.504. The second-order valence-electron chi connectivity index (χ2n) is 5.15. The molecule has 98 valence electrons. The molecular formula is C15H22N2O. The van der Waals surface area contributed by atoms with E-state index < -0.39 is 0 Å². The van der Waals surface area contributed by atoms with Gasteiger partial charge in [0.25, 0.3) is 0 Å². The van der Waals surface area contributed by atoms with Gasteiger partial charge in [-0.05, 0) is 32.3 Å². The average Bonchev–Trinajstić information content (AvgIpc) is 2.25. The van der Waals surface area contributed by atoms with Crippen molar-refractivity contribution in [1.29, 1.82) is 0 Å². The summed E-state index contributed by atoms with van der Waals surface area (Å²) in [5.74, 6) is 0.315. The third kappa shape index (κ3) is 4.32. The molecule has 1 amide bonds. The van der Waals surface area contributed by atoms with Gasteiger partial charge in [0.05, 0.1) is 5.71 Å². The maximum Gasteiger partial charge on any atom is 0.240 e. The molecule has 1 aromatic carbocycles. The summed E-state index contributed by atoms with van der Waals surface area (Å²) < 4.78 is 0. The number of carbonyl (C=O) groups excluding carboxylic acids is 1. The number of carbonyl (C=O) groups is 1. The van der Waals surface area contributed by atoms with Crippen molar-refractivity contribution in [3.63, 3.8) is 0 Å². The number of hydrogen-bond acceptors (Lipinski definition) is 2. The van der Waals surface area contributed by atoms with Crippen LogP contribution in [-0.4, -0.2) is 11.6 Å². The van der Waals surface area contributed by atoms with E-state index in [0.29, 0.717) is 12.3 Å². The van der Waals surface area contributed by atoms with Gasteiger partial charge in [-0.1, -0.05) is 37.6 Å². The van der Waals surface area contributed by atoms with E-state index in [9.17, 15) is 4.79 Å². The maximum atomic E-state index is 11.5. The Morgan fingerprint density at radius 3 is 2.56 bits per heavy atom. The van der Waals surface area contributed by atoms with Gasteiger partial charge in [0, 0.05) is 12.0 Å². The first-order valence-electron chi connectivity index (χ1n) is 6.31. The molecule has 0 radical (unpaired) electrons. The Morgan fingerprint density at radius 2 is 2.00 bits per heavy atom. The van der Waals surface area contributed by atoms with Crippen LogP contribution in [0.15, 0.2) is 23.3 Å². The minimum Gasteiger partial charge on any atom is -0.273 e. The lowest BCUT2D eigenvalue weighted by atomic mass is 10.0. The second-order valence-corrected chi connectivity index (χ2v) is 5.15. The van der Waals surface area contributed by atoms with Crippen LogP contribution in [0.4, 0.5) is 0 Å². The SMILES string of the molecule is CC(=NNC(=O)CC(C)C)c1ccc(C)cc1C. The van der Waals surface area contributed by atoms with Crippen molar-refractivity contribution < 1.29 is 4.79 Å². The van der Waals surface area contributed by atoms with E-state index in [4.69, 9.17) is 0 Å². The van der Waals surface area contributed by atoms with Crippen LogP contribution < -0.4 is 5.43 Å². The summed E-state index contributed by atoms with van der Waals surface area (Å²) >= 11 is 0. The van der Waals surface area contributed by atoms with Crippen LogP contribution in [0.3, 0.4) is 0 Å². The molecule has 18 heavy (non-hydrogen) atoms. The predicted molar refractivity (Wildman–Crippen MR) is 75.7 cm³/mol. The molecule has 0 atom stereocenters. The quantitative estimate of drug-likeness (QED) is 0.643. The van der Waals surface area contributed by atoms with Crippen molar-refractivity contribution >= 4 is 11.6 Å². The molecule has 0 saturated carbocycles. The topological polar surface area (TPSA) is 41.5 Å². The van der Waals surface area contributed by atoms with Gasteiger partial charge >= 0.3 is 0 Å². The molecule has 1 N–H and O–H groups in total. The summed E-state index contributed by atoms with van der Waals surface area (Å²) in [4.78, 5) is 11.5. The highest BCUT2D eigenvalue weighted by atomic mass is 16.2. The summed E-state index contributed by atoms with van der Waals surface area (Å²) in [6.45, 7) is 10.1. The van der Waals surface area contributed by atoms with Crippen molar-refractivity contribution in [2.24, 2.45) is 11.0 Å². The summed E-state index contributed by atoms with van der Waals surface area (Å²) in [6, 6.07) is 6.21. The number of aryl methyl sites for hydroxylation is 2. The number of amides is 1. The number of rotatable bonds is 4. The minimum atomic E-state index is -0.0332. The molecule has 0 fully saturated rings. The fourth-order valence-corrected chi connectivity index (χ4v) is 1.84. The molecule has 0 aliphatic rings. The van der Waals surface area contributed by atoms with Crippen LogP contribution in [0, 0.1) is 19.8 Å². The average molecular weight is 246 g/mol. The molecular weight excluding hydrogens is 224 g/mol. The zero-order chi connectivity index (χ0) is 13.7. The Balaban J connectivity index is 2.74. The van der Waals surface area contributed by atoms with Crippen LogP contribution in [0.25, 0.3) is 0 Å². The van der Waals surface area contributed by atoms with Gasteiger partial charge < -0.3 is 0 Å². The van der Waals surface area contributed by atoms with Crippen LogP contribution in [0.2, 0.25) is 0 Å². The fourth-order valence-electron chi connectivity index (χ4n) is 1.84. The highest BCUT2D eigenvalue weighted by Crippen LogP contribution is 2.11. The van der Waals surface area contributed by atoms with Crippen LogP contribution >= 0.6 is 0 Å². The van der Waals surface area contributed by atoms with E-state index in [1.54, 1.807) is 0 Å². The first-order valence-corrected chi connectivity index (χ1v) is 6.31. The first-order chi connectivity index (χ1) is 8.40. The third-order valence-electron chi connectivity index (χ3n) is 2.71. The molecule has 0 aliphatic heterocycles. The van der Waals surface area contributed by atoms with E-state index >= 15 is 0 Å². The zero-order valence-corrected chi connectivity index (χ0v) is 11.9. The standard InChI is InChI=1S/C15H22N2O/c1-10(2)8-15(18)17-16-13(5)14-7-6-11(3)9-12(14)4/h6-7,9-10H,8H2,1-5H3,(H,17,18). The van der Waals surface area contributed by atoms with Crippen molar-refractivity contribution in [3.05, 3.63) is 34.9 Å². The first kappa shape index (κ1) is 14.4. The molecule has 0 saturated heterocycles. The molecule has 3 heteroatoms. The zero-order valence-electron chi connectivity index (χ0n) is 11.9. The van der Waals surface area contributed by atoms with E-state index in [2.05, 4.69) is 36.5 Å². The second kappa shape index (κ2) is 6.34. The van der Waals surface area contributed by atoms with Crippen LogP contribution in [-0.2, 0) is 4.79 Å². The molecule has 1 rings (SSSR count). The predicted octanol–water partition coefficient (Wildman–Crippen LogP) is 3.19. The van der Waals surface area contributed by atoms with Crippen molar-refractivity contribution in [2.75, 3.05) is 0 Å². The lowest BCUT2D eigenvalue weighted by Crippen LogP contribution is -2.20. The van der Waals surface area contributed by atoms with Crippen LogP contribution in [0.1, 0.15) is 43.9 Å². The van der Waals surface area contributed by atoms with Gasteiger partial charge in [0.15, 0.2) is 0 Å². The van der Waals surface area contributed by atoms with E-state index in [1.165, 1.54) is 11.1 Å². The fraction of sp³-hybridized carbons (Fsp3) is 0.467. The molecule has 0 aromatic heterocycles. The number of hydrazone groups is 1. The summed E-state index contributed by atoms with van der Waals surface area (Å²) in [7, 11) is 0. The van der Waals surface area contributed by atoms with E-state index in [1.807, 2.05) is 26.8 Å². The molecule has 1 aromatic rings. The van der Waals surface area contributed by atoms with Gasteiger partial charge in [-0.15, -0.1) is 0 Å². The van der Waals surface area contributed by atoms with Gasteiger partial charge in [-0.2, -0.15) is 5.10 Å². The van der Waals surface area contributed by atoms with Gasteiger partial charge in [0.1, 0.15) is 0 Å². The highest BCUT2D eigenvalue weighted by molar-refractivity contribution is 6.00. The maximum absolute atomic E-state index is 11.5. The van der Waals surface area contributed by atoms with Crippen molar-refractivity contribution in [1.82, 2.24) is 5.43 Å². The Labute approximate surface area is 109 Å². The Bertz CT molecular complexity index is 462. The van der Waals surface area contributed by atoms with E-state index in [0.717, 1.165) is 11.3 Å². The Kier molecular flexibility index (Phi) is 5.08.